The van der Waals surface area contributed by atoms with Crippen LogP contribution in [0.4, 0.5) is 0 Å². The van der Waals surface area contributed by atoms with E-state index in [-0.39, 0.29) is 38.2 Å². The second-order valence-corrected chi connectivity index (χ2v) is 6.34. The van der Waals surface area contributed by atoms with Crippen LogP contribution in [-0.4, -0.2) is 57.7 Å². The molecule has 0 aliphatic carbocycles. The van der Waals surface area contributed by atoms with Gasteiger partial charge in [-0.1, -0.05) is 0 Å². The Hall–Kier alpha value is 1.00. The van der Waals surface area contributed by atoms with Crippen LogP contribution in [0.15, 0.2) is 0 Å². The van der Waals surface area contributed by atoms with E-state index in [0.29, 0.717) is 18.8 Å². The van der Waals surface area contributed by atoms with Gasteiger partial charge in [0.15, 0.2) is 0 Å². The van der Waals surface area contributed by atoms with Gasteiger partial charge in [-0.3, -0.25) is 0 Å². The molecule has 0 saturated carbocycles. The van der Waals surface area contributed by atoms with Crippen molar-refractivity contribution in [2.24, 2.45) is 0 Å². The van der Waals surface area contributed by atoms with Gasteiger partial charge in [-0.05, 0) is 0 Å². The topological polar surface area (TPSA) is 172 Å². The molecular formula is C3H9DyO9S3. The molecule has 16 heavy (non-hydrogen) atoms. The first-order chi connectivity index (χ1) is 6.00. The van der Waals surface area contributed by atoms with E-state index in [2.05, 4.69) is 0 Å². The van der Waals surface area contributed by atoms with Crippen LogP contribution >= 0.6 is 0 Å². The summed E-state index contributed by atoms with van der Waals surface area (Å²) in [7, 11) is -11.8. The van der Waals surface area contributed by atoms with Crippen molar-refractivity contribution in [3.63, 3.8) is 0 Å². The second-order valence-electron chi connectivity index (χ2n) is 2.11. The molecule has 0 aromatic heterocycles. The van der Waals surface area contributed by atoms with Crippen LogP contribution in [0.2, 0.25) is 0 Å². The fraction of sp³-hybridized carbons (Fsp3) is 1.00. The van der Waals surface area contributed by atoms with Crippen LogP contribution in [0, 0.1) is 38.2 Å². The maximum absolute atomic E-state index is 9.08. The van der Waals surface area contributed by atoms with E-state index < -0.39 is 30.4 Å². The molecule has 0 rings (SSSR count). The van der Waals surface area contributed by atoms with E-state index in [0.717, 1.165) is 0 Å². The Kier molecular flexibility index (Phi) is 16.1. The molecule has 0 fully saturated rings. The van der Waals surface area contributed by atoms with Crippen molar-refractivity contribution in [1.29, 1.82) is 0 Å². The molecule has 0 saturated heterocycles. The third kappa shape index (κ3) is 2930. The van der Waals surface area contributed by atoms with E-state index >= 15 is 0 Å². The summed E-state index contributed by atoms with van der Waals surface area (Å²) in [5.74, 6) is 0. The monoisotopic (exact) mass is 449 g/mol. The number of rotatable bonds is 0. The summed E-state index contributed by atoms with van der Waals surface area (Å²) < 4.78 is 81.7. The Bertz CT molecular complexity index is 347. The molecule has 0 spiro atoms. The molecule has 0 N–H and O–H groups in total. The largest absolute Gasteiger partial charge is 3.00 e. The summed E-state index contributed by atoms with van der Waals surface area (Å²) in [4.78, 5) is 0. The Labute approximate surface area is 125 Å². The van der Waals surface area contributed by atoms with Crippen molar-refractivity contribution in [3.8, 4) is 0 Å². The van der Waals surface area contributed by atoms with Gasteiger partial charge >= 0.3 is 38.2 Å². The molecule has 0 heterocycles. The van der Waals surface area contributed by atoms with Crippen molar-refractivity contribution in [2.45, 2.75) is 0 Å². The first-order valence-electron chi connectivity index (χ1n) is 2.72. The van der Waals surface area contributed by atoms with Crippen LogP contribution in [0.25, 0.3) is 0 Å². The van der Waals surface area contributed by atoms with Crippen molar-refractivity contribution in [2.75, 3.05) is 18.8 Å². The van der Waals surface area contributed by atoms with Gasteiger partial charge in [-0.25, -0.2) is 25.3 Å². The second kappa shape index (κ2) is 9.97. The first-order valence-corrected chi connectivity index (χ1v) is 8.17. The quantitative estimate of drug-likeness (QED) is 0.363. The minimum Gasteiger partial charge on any atom is -0.748 e. The molecule has 0 unspecified atom stereocenters. The molecule has 1 radical (unpaired) electrons. The minimum absolute atomic E-state index is 0. The van der Waals surface area contributed by atoms with Crippen LogP contribution < -0.4 is 0 Å². The molecule has 0 aromatic carbocycles. The molecule has 0 aliphatic rings. The third-order valence-corrected chi connectivity index (χ3v) is 0. The predicted octanol–water partition coefficient (Wildman–Crippen LogP) is -2.52. The van der Waals surface area contributed by atoms with Gasteiger partial charge in [0.2, 0.25) is 0 Å². The molecule has 0 amide bonds. The third-order valence-electron chi connectivity index (χ3n) is 0. The van der Waals surface area contributed by atoms with Gasteiger partial charge < -0.3 is 13.7 Å². The van der Waals surface area contributed by atoms with Crippen molar-refractivity contribution in [3.05, 3.63) is 0 Å². The molecular weight excluding hydrogens is 439 g/mol. The van der Waals surface area contributed by atoms with E-state index in [1.165, 1.54) is 0 Å². The SMILES string of the molecule is CS(=O)(=O)[O-].CS(=O)(=O)[O-].CS(=O)(=O)[O-].[Dy+3]. The normalized spacial score (nSPS) is 10.9. The van der Waals surface area contributed by atoms with Crippen LogP contribution in [-0.2, 0) is 30.4 Å². The summed E-state index contributed by atoms with van der Waals surface area (Å²) in [5, 5.41) is 0. The summed E-state index contributed by atoms with van der Waals surface area (Å²) in [6.07, 6.45) is 1.81. The van der Waals surface area contributed by atoms with Crippen LogP contribution in [0.3, 0.4) is 0 Å². The molecule has 103 valence electrons. The predicted molar refractivity (Wildman–Crippen MR) is 46.9 cm³/mol. The van der Waals surface area contributed by atoms with Crippen LogP contribution in [0.5, 0.6) is 0 Å². The van der Waals surface area contributed by atoms with Gasteiger partial charge in [-0.15, -0.1) is 0 Å². The van der Waals surface area contributed by atoms with Gasteiger partial charge in [0.05, 0.1) is 30.4 Å². The molecule has 9 nitrogen and oxygen atoms in total. The Morgan fingerprint density at radius 2 is 0.562 bits per heavy atom. The minimum atomic E-state index is -3.92. The van der Waals surface area contributed by atoms with Crippen molar-refractivity contribution >= 4 is 30.4 Å². The standard InChI is InChI=1S/3CH4O3S.Dy/c3*1-5(2,3)4;/h3*1H3,(H,2,3,4);/q;;;+3/p-3. The number of hydrogen-bond donors (Lipinski definition) is 0. The Balaban J connectivity index is -0.0000000655. The van der Waals surface area contributed by atoms with Crippen LogP contribution in [0.1, 0.15) is 0 Å². The molecule has 0 aliphatic heterocycles. The average Bonchev–Trinajstić information content (AvgIpc) is 1.41. The zero-order valence-electron chi connectivity index (χ0n) is 8.22. The molecule has 0 bridgehead atoms. The molecule has 0 atom stereocenters. The van der Waals surface area contributed by atoms with E-state index in [4.69, 9.17) is 38.9 Å². The summed E-state index contributed by atoms with van der Waals surface area (Å²) in [5.41, 5.74) is 0. The van der Waals surface area contributed by atoms with Crippen molar-refractivity contribution in [1.82, 2.24) is 0 Å². The number of hydrogen-bond acceptors (Lipinski definition) is 9. The Morgan fingerprint density at radius 1 is 0.562 bits per heavy atom. The first kappa shape index (κ1) is 25.8. The van der Waals surface area contributed by atoms with Gasteiger partial charge in [-0.2, -0.15) is 0 Å². The summed E-state index contributed by atoms with van der Waals surface area (Å²) in [6.45, 7) is 0. The van der Waals surface area contributed by atoms with E-state index in [1.807, 2.05) is 0 Å². The molecule has 0 aromatic rings. The van der Waals surface area contributed by atoms with Gasteiger partial charge in [0.1, 0.15) is 0 Å². The van der Waals surface area contributed by atoms with Gasteiger partial charge in [0, 0.05) is 18.8 Å². The fourth-order valence-corrected chi connectivity index (χ4v) is 0. The fourth-order valence-electron chi connectivity index (χ4n) is 0. The average molecular weight is 448 g/mol. The van der Waals surface area contributed by atoms with Gasteiger partial charge in [0.25, 0.3) is 0 Å². The maximum atomic E-state index is 9.08. The Morgan fingerprint density at radius 3 is 0.562 bits per heavy atom. The summed E-state index contributed by atoms with van der Waals surface area (Å²) >= 11 is 0. The zero-order chi connectivity index (χ0) is 13.5. The summed E-state index contributed by atoms with van der Waals surface area (Å²) in [6, 6.07) is 0. The van der Waals surface area contributed by atoms with Crippen molar-refractivity contribution < 1.29 is 77.1 Å². The molecule has 13 heteroatoms. The zero-order valence-corrected chi connectivity index (χ0v) is 12.7. The smallest absolute Gasteiger partial charge is 0.748 e. The van der Waals surface area contributed by atoms with E-state index in [1.54, 1.807) is 0 Å². The maximum Gasteiger partial charge on any atom is 3.00 e. The van der Waals surface area contributed by atoms with E-state index in [9.17, 15) is 0 Å².